The van der Waals surface area contributed by atoms with Crippen molar-refractivity contribution < 1.29 is 0 Å². The Morgan fingerprint density at radius 3 is 2.19 bits per heavy atom. The Bertz CT molecular complexity index is 557. The smallest absolute Gasteiger partial charge is 0.0441 e. The van der Waals surface area contributed by atoms with E-state index in [4.69, 9.17) is 11.6 Å². The highest BCUT2D eigenvalue weighted by Gasteiger charge is 2.18. The molecule has 0 bridgehead atoms. The number of rotatable bonds is 5. The molecule has 0 radical (unpaired) electrons. The van der Waals surface area contributed by atoms with E-state index in [1.807, 2.05) is 12.1 Å². The molecule has 1 unspecified atom stereocenters. The average molecular weight is 302 g/mol. The van der Waals surface area contributed by atoms with Crippen LogP contribution in [-0.2, 0) is 6.42 Å². The van der Waals surface area contributed by atoms with Gasteiger partial charge in [-0.25, -0.2) is 0 Å². The van der Waals surface area contributed by atoms with Crippen LogP contribution in [-0.4, -0.2) is 12.1 Å². The Labute approximate surface area is 133 Å². The van der Waals surface area contributed by atoms with Gasteiger partial charge in [-0.1, -0.05) is 60.1 Å². The van der Waals surface area contributed by atoms with E-state index in [0.29, 0.717) is 5.92 Å². The fourth-order valence-corrected chi connectivity index (χ4v) is 2.72. The minimum Gasteiger partial charge on any atom is -0.311 e. The molecule has 21 heavy (non-hydrogen) atoms. The van der Waals surface area contributed by atoms with Crippen molar-refractivity contribution >= 4 is 11.6 Å². The third kappa shape index (κ3) is 5.18. The monoisotopic (exact) mass is 301 g/mol. The number of hydrogen-bond acceptors (Lipinski definition) is 1. The van der Waals surface area contributed by atoms with E-state index in [1.165, 1.54) is 11.1 Å². The fourth-order valence-electron chi connectivity index (χ4n) is 2.43. The third-order valence-corrected chi connectivity index (χ3v) is 3.89. The van der Waals surface area contributed by atoms with Gasteiger partial charge in [-0.15, -0.1) is 0 Å². The second-order valence-electron chi connectivity index (χ2n) is 6.54. The predicted octanol–water partition coefficient (Wildman–Crippen LogP) is 5.05. The van der Waals surface area contributed by atoms with Crippen LogP contribution in [0.1, 0.15) is 37.8 Å². The van der Waals surface area contributed by atoms with Gasteiger partial charge in [0, 0.05) is 23.0 Å². The SMILES string of the molecule is CC(C)(C)NCC(Cc1ccccc1)c1ccccc1Cl. The predicted molar refractivity (Wildman–Crippen MR) is 92.1 cm³/mol. The van der Waals surface area contributed by atoms with Crippen LogP contribution in [0.2, 0.25) is 5.02 Å². The molecular weight excluding hydrogens is 278 g/mol. The maximum absolute atomic E-state index is 6.41. The van der Waals surface area contributed by atoms with Crippen LogP contribution in [0.4, 0.5) is 0 Å². The molecule has 2 aromatic carbocycles. The number of nitrogens with one attached hydrogen (secondary N) is 1. The van der Waals surface area contributed by atoms with Gasteiger partial charge in [0.2, 0.25) is 0 Å². The Kier molecular flexibility index (Phi) is 5.44. The van der Waals surface area contributed by atoms with Crippen molar-refractivity contribution in [2.75, 3.05) is 6.54 Å². The molecule has 2 rings (SSSR count). The van der Waals surface area contributed by atoms with Gasteiger partial charge in [-0.2, -0.15) is 0 Å². The zero-order chi connectivity index (χ0) is 15.3. The first-order chi connectivity index (χ1) is 9.96. The van der Waals surface area contributed by atoms with Gasteiger partial charge < -0.3 is 5.32 Å². The molecule has 1 nitrogen and oxygen atoms in total. The van der Waals surface area contributed by atoms with Crippen molar-refractivity contribution in [1.82, 2.24) is 5.32 Å². The highest BCUT2D eigenvalue weighted by atomic mass is 35.5. The molecule has 2 aromatic rings. The largest absolute Gasteiger partial charge is 0.311 e. The average Bonchev–Trinajstić information content (AvgIpc) is 2.44. The lowest BCUT2D eigenvalue weighted by Crippen LogP contribution is -2.39. The van der Waals surface area contributed by atoms with E-state index in [1.54, 1.807) is 0 Å². The third-order valence-electron chi connectivity index (χ3n) is 3.55. The standard InChI is InChI=1S/C19H24ClN/c1-19(2,3)21-14-16(13-15-9-5-4-6-10-15)17-11-7-8-12-18(17)20/h4-12,16,21H,13-14H2,1-3H3. The first kappa shape index (κ1) is 16.1. The summed E-state index contributed by atoms with van der Waals surface area (Å²) in [6.07, 6.45) is 0.994. The summed E-state index contributed by atoms with van der Waals surface area (Å²) in [4.78, 5) is 0. The Balaban J connectivity index is 2.20. The van der Waals surface area contributed by atoms with Crippen LogP contribution >= 0.6 is 11.6 Å². The molecule has 112 valence electrons. The van der Waals surface area contributed by atoms with Gasteiger partial charge >= 0.3 is 0 Å². The van der Waals surface area contributed by atoms with Crippen molar-refractivity contribution in [2.24, 2.45) is 0 Å². The van der Waals surface area contributed by atoms with Crippen LogP contribution in [0.25, 0.3) is 0 Å². The minimum absolute atomic E-state index is 0.107. The van der Waals surface area contributed by atoms with Crippen molar-refractivity contribution in [3.63, 3.8) is 0 Å². The Morgan fingerprint density at radius 2 is 1.57 bits per heavy atom. The summed E-state index contributed by atoms with van der Waals surface area (Å²) in [5.41, 5.74) is 2.67. The quantitative estimate of drug-likeness (QED) is 0.814. The molecule has 0 aromatic heterocycles. The second kappa shape index (κ2) is 7.11. The zero-order valence-electron chi connectivity index (χ0n) is 13.1. The first-order valence-electron chi connectivity index (χ1n) is 7.49. The summed E-state index contributed by atoms with van der Waals surface area (Å²) < 4.78 is 0. The molecule has 0 aliphatic rings. The molecule has 0 fully saturated rings. The number of hydrogen-bond donors (Lipinski definition) is 1. The molecule has 0 aliphatic carbocycles. The van der Waals surface area contributed by atoms with Crippen molar-refractivity contribution in [3.8, 4) is 0 Å². The van der Waals surface area contributed by atoms with Gasteiger partial charge in [0.25, 0.3) is 0 Å². The van der Waals surface area contributed by atoms with Gasteiger partial charge in [0.15, 0.2) is 0 Å². The van der Waals surface area contributed by atoms with Crippen molar-refractivity contribution in [2.45, 2.75) is 38.6 Å². The Hall–Kier alpha value is -1.31. The maximum Gasteiger partial charge on any atom is 0.0441 e. The molecule has 1 atom stereocenters. The summed E-state index contributed by atoms with van der Waals surface area (Å²) >= 11 is 6.41. The summed E-state index contributed by atoms with van der Waals surface area (Å²) in [5, 5.41) is 4.46. The van der Waals surface area contributed by atoms with E-state index in [0.717, 1.165) is 18.0 Å². The minimum atomic E-state index is 0.107. The van der Waals surface area contributed by atoms with Gasteiger partial charge in [-0.3, -0.25) is 0 Å². The zero-order valence-corrected chi connectivity index (χ0v) is 13.8. The van der Waals surface area contributed by atoms with E-state index >= 15 is 0 Å². The van der Waals surface area contributed by atoms with Crippen LogP contribution in [0.3, 0.4) is 0 Å². The van der Waals surface area contributed by atoms with Crippen LogP contribution in [0.15, 0.2) is 54.6 Å². The molecule has 0 heterocycles. The second-order valence-corrected chi connectivity index (χ2v) is 6.95. The van der Waals surface area contributed by atoms with Crippen molar-refractivity contribution in [3.05, 3.63) is 70.7 Å². The molecule has 0 aliphatic heterocycles. The molecule has 0 spiro atoms. The van der Waals surface area contributed by atoms with Gasteiger partial charge in [0.05, 0.1) is 0 Å². The summed E-state index contributed by atoms with van der Waals surface area (Å²) in [5.74, 6) is 0.375. The van der Waals surface area contributed by atoms with Crippen LogP contribution < -0.4 is 5.32 Å². The van der Waals surface area contributed by atoms with E-state index in [-0.39, 0.29) is 5.54 Å². The highest BCUT2D eigenvalue weighted by Crippen LogP contribution is 2.27. The lowest BCUT2D eigenvalue weighted by atomic mass is 9.91. The fraction of sp³-hybridized carbons (Fsp3) is 0.368. The first-order valence-corrected chi connectivity index (χ1v) is 7.87. The number of benzene rings is 2. The molecule has 2 heteroatoms. The molecule has 0 saturated heterocycles. The molecule has 1 N–H and O–H groups in total. The summed E-state index contributed by atoms with van der Waals surface area (Å²) in [6.45, 7) is 7.50. The number of halogens is 1. The lowest BCUT2D eigenvalue weighted by molar-refractivity contribution is 0.405. The summed E-state index contributed by atoms with van der Waals surface area (Å²) in [6, 6.07) is 18.8. The van der Waals surface area contributed by atoms with E-state index in [9.17, 15) is 0 Å². The molecule has 0 saturated carbocycles. The maximum atomic E-state index is 6.41. The Morgan fingerprint density at radius 1 is 0.952 bits per heavy atom. The van der Waals surface area contributed by atoms with E-state index < -0.39 is 0 Å². The van der Waals surface area contributed by atoms with Crippen molar-refractivity contribution in [1.29, 1.82) is 0 Å². The van der Waals surface area contributed by atoms with Gasteiger partial charge in [-0.05, 0) is 44.4 Å². The summed E-state index contributed by atoms with van der Waals surface area (Å²) in [7, 11) is 0. The topological polar surface area (TPSA) is 12.0 Å². The van der Waals surface area contributed by atoms with Crippen LogP contribution in [0, 0.1) is 0 Å². The molecule has 0 amide bonds. The highest BCUT2D eigenvalue weighted by molar-refractivity contribution is 6.31. The van der Waals surface area contributed by atoms with Crippen LogP contribution in [0.5, 0.6) is 0 Å². The lowest BCUT2D eigenvalue weighted by Gasteiger charge is -2.26. The van der Waals surface area contributed by atoms with E-state index in [2.05, 4.69) is 68.6 Å². The normalized spacial score (nSPS) is 13.1. The van der Waals surface area contributed by atoms with Gasteiger partial charge in [0.1, 0.15) is 0 Å². The molecular formula is C19H24ClN.